The van der Waals surface area contributed by atoms with Crippen LogP contribution in [0, 0.1) is 5.92 Å². The third-order valence-corrected chi connectivity index (χ3v) is 4.01. The van der Waals surface area contributed by atoms with Gasteiger partial charge in [-0.2, -0.15) is 0 Å². The molecule has 1 saturated heterocycles. The van der Waals surface area contributed by atoms with Gasteiger partial charge in [0.2, 0.25) is 0 Å². The van der Waals surface area contributed by atoms with Gasteiger partial charge in [0.15, 0.2) is 9.84 Å². The summed E-state index contributed by atoms with van der Waals surface area (Å²) in [5, 5.41) is 0. The van der Waals surface area contributed by atoms with Crippen molar-refractivity contribution in [2.75, 3.05) is 18.1 Å². The van der Waals surface area contributed by atoms with E-state index >= 15 is 0 Å². The maximum absolute atomic E-state index is 11.5. The molecule has 5 nitrogen and oxygen atoms in total. The lowest BCUT2D eigenvalue weighted by molar-refractivity contribution is -0.150. The van der Waals surface area contributed by atoms with Crippen molar-refractivity contribution in [1.29, 1.82) is 0 Å². The van der Waals surface area contributed by atoms with E-state index in [0.29, 0.717) is 6.42 Å². The summed E-state index contributed by atoms with van der Waals surface area (Å²) < 4.78 is 27.4. The molecule has 0 amide bonds. The van der Waals surface area contributed by atoms with Crippen molar-refractivity contribution in [3.63, 3.8) is 0 Å². The highest BCUT2D eigenvalue weighted by Crippen LogP contribution is 2.16. The molecule has 15 heavy (non-hydrogen) atoms. The lowest BCUT2D eigenvalue weighted by Gasteiger charge is -2.10. The van der Waals surface area contributed by atoms with Gasteiger partial charge in [0, 0.05) is 6.42 Å². The second kappa shape index (κ2) is 4.74. The Morgan fingerprint density at radius 3 is 2.80 bits per heavy atom. The third kappa shape index (κ3) is 3.30. The van der Waals surface area contributed by atoms with E-state index in [2.05, 4.69) is 4.74 Å². The Morgan fingerprint density at radius 1 is 1.53 bits per heavy atom. The van der Waals surface area contributed by atoms with Crippen LogP contribution in [0.2, 0.25) is 0 Å². The van der Waals surface area contributed by atoms with Crippen LogP contribution < -0.4 is 0 Å². The standard InChI is InChI=1S/C9H14O5S/c1-2-14-9(11)7-6-15(12,13)5-3-4-8(7)10/h7H,2-6H2,1H3. The monoisotopic (exact) mass is 234 g/mol. The Labute approximate surface area is 88.7 Å². The van der Waals surface area contributed by atoms with Crippen molar-refractivity contribution in [3.05, 3.63) is 0 Å². The Balaban J connectivity index is 2.83. The molecular weight excluding hydrogens is 220 g/mol. The van der Waals surface area contributed by atoms with E-state index in [1.54, 1.807) is 6.92 Å². The predicted octanol–water partition coefficient (Wildman–Crippen LogP) is -0.0566. The van der Waals surface area contributed by atoms with Gasteiger partial charge in [0.05, 0.1) is 18.1 Å². The van der Waals surface area contributed by atoms with Crippen LogP contribution in [0.3, 0.4) is 0 Å². The van der Waals surface area contributed by atoms with Gasteiger partial charge >= 0.3 is 5.97 Å². The van der Waals surface area contributed by atoms with Gasteiger partial charge in [0.1, 0.15) is 11.7 Å². The number of Topliss-reactive ketones (excluding diaryl/α,β-unsaturated/α-hetero) is 1. The lowest BCUT2D eigenvalue weighted by Crippen LogP contribution is -2.30. The van der Waals surface area contributed by atoms with Gasteiger partial charge in [-0.3, -0.25) is 9.59 Å². The van der Waals surface area contributed by atoms with E-state index in [1.807, 2.05) is 0 Å². The predicted molar refractivity (Wildman–Crippen MR) is 53.0 cm³/mol. The SMILES string of the molecule is CCOC(=O)C1CS(=O)(=O)CCCC1=O. The number of hydrogen-bond acceptors (Lipinski definition) is 5. The molecule has 1 aliphatic rings. The first-order chi connectivity index (χ1) is 6.96. The molecule has 6 heteroatoms. The average molecular weight is 234 g/mol. The lowest BCUT2D eigenvalue weighted by atomic mass is 10.0. The van der Waals surface area contributed by atoms with Crippen molar-refractivity contribution in [3.8, 4) is 0 Å². The molecule has 1 unspecified atom stereocenters. The molecule has 0 N–H and O–H groups in total. The first-order valence-corrected chi connectivity index (χ1v) is 6.68. The number of esters is 1. The highest BCUT2D eigenvalue weighted by Gasteiger charge is 2.35. The van der Waals surface area contributed by atoms with Crippen LogP contribution in [0.15, 0.2) is 0 Å². The van der Waals surface area contributed by atoms with Crippen molar-refractivity contribution < 1.29 is 22.7 Å². The Hall–Kier alpha value is -0.910. The van der Waals surface area contributed by atoms with Gasteiger partial charge in [-0.05, 0) is 13.3 Å². The Kier molecular flexibility index (Phi) is 3.84. The maximum Gasteiger partial charge on any atom is 0.317 e. The van der Waals surface area contributed by atoms with Gasteiger partial charge in [-0.25, -0.2) is 8.42 Å². The molecule has 1 fully saturated rings. The van der Waals surface area contributed by atoms with Crippen LogP contribution in [0.1, 0.15) is 19.8 Å². The summed E-state index contributed by atoms with van der Waals surface area (Å²) in [6.07, 6.45) is 0.444. The highest BCUT2D eigenvalue weighted by molar-refractivity contribution is 7.91. The molecule has 0 radical (unpaired) electrons. The number of ketones is 1. The summed E-state index contributed by atoms with van der Waals surface area (Å²) in [5.74, 6) is -2.57. The minimum atomic E-state index is -3.29. The molecule has 1 aliphatic heterocycles. The second-order valence-electron chi connectivity index (χ2n) is 3.49. The molecule has 0 spiro atoms. The highest BCUT2D eigenvalue weighted by atomic mass is 32.2. The summed E-state index contributed by atoms with van der Waals surface area (Å²) in [6.45, 7) is 1.77. The average Bonchev–Trinajstić information content (AvgIpc) is 2.26. The van der Waals surface area contributed by atoms with Crippen molar-refractivity contribution in [2.45, 2.75) is 19.8 Å². The zero-order valence-corrected chi connectivity index (χ0v) is 9.38. The first-order valence-electron chi connectivity index (χ1n) is 4.86. The number of carbonyl (C=O) groups is 2. The minimum Gasteiger partial charge on any atom is -0.465 e. The summed E-state index contributed by atoms with van der Waals surface area (Å²) in [5.41, 5.74) is 0. The summed E-state index contributed by atoms with van der Waals surface area (Å²) in [4.78, 5) is 22.8. The molecule has 0 bridgehead atoms. The number of ether oxygens (including phenoxy) is 1. The molecule has 1 rings (SSSR count). The number of hydrogen-bond donors (Lipinski definition) is 0. The van der Waals surface area contributed by atoms with E-state index in [4.69, 9.17) is 0 Å². The van der Waals surface area contributed by atoms with Gasteiger partial charge < -0.3 is 4.74 Å². The maximum atomic E-state index is 11.5. The molecule has 0 aromatic heterocycles. The zero-order valence-electron chi connectivity index (χ0n) is 8.56. The molecule has 0 saturated carbocycles. The molecular formula is C9H14O5S. The van der Waals surface area contributed by atoms with Crippen LogP contribution in [0.4, 0.5) is 0 Å². The molecule has 86 valence electrons. The fraction of sp³-hybridized carbons (Fsp3) is 0.778. The van der Waals surface area contributed by atoms with Crippen molar-refractivity contribution in [1.82, 2.24) is 0 Å². The molecule has 0 aliphatic carbocycles. The first kappa shape index (κ1) is 12.2. The topological polar surface area (TPSA) is 77.5 Å². The van der Waals surface area contributed by atoms with Crippen LogP contribution in [-0.4, -0.2) is 38.3 Å². The zero-order chi connectivity index (χ0) is 11.5. The fourth-order valence-electron chi connectivity index (χ4n) is 1.51. The number of rotatable bonds is 2. The van der Waals surface area contributed by atoms with E-state index in [1.165, 1.54) is 0 Å². The third-order valence-electron chi connectivity index (χ3n) is 2.26. The summed E-state index contributed by atoms with van der Waals surface area (Å²) in [7, 11) is -3.29. The van der Waals surface area contributed by atoms with E-state index in [-0.39, 0.29) is 24.6 Å². The van der Waals surface area contributed by atoms with Crippen LogP contribution in [0.5, 0.6) is 0 Å². The molecule has 1 heterocycles. The largest absolute Gasteiger partial charge is 0.465 e. The van der Waals surface area contributed by atoms with Crippen molar-refractivity contribution in [2.24, 2.45) is 5.92 Å². The van der Waals surface area contributed by atoms with E-state index < -0.39 is 27.5 Å². The van der Waals surface area contributed by atoms with Gasteiger partial charge in [-0.1, -0.05) is 0 Å². The van der Waals surface area contributed by atoms with Crippen LogP contribution >= 0.6 is 0 Å². The number of carbonyl (C=O) groups excluding carboxylic acids is 2. The summed E-state index contributed by atoms with van der Waals surface area (Å²) in [6, 6.07) is 0. The van der Waals surface area contributed by atoms with Gasteiger partial charge in [-0.15, -0.1) is 0 Å². The van der Waals surface area contributed by atoms with E-state index in [9.17, 15) is 18.0 Å². The molecule has 0 aromatic carbocycles. The minimum absolute atomic E-state index is 0.0192. The van der Waals surface area contributed by atoms with Crippen molar-refractivity contribution >= 4 is 21.6 Å². The van der Waals surface area contributed by atoms with Crippen LogP contribution in [0.25, 0.3) is 0 Å². The molecule has 0 aromatic rings. The summed E-state index contributed by atoms with van der Waals surface area (Å²) >= 11 is 0. The molecule has 1 atom stereocenters. The number of sulfone groups is 1. The second-order valence-corrected chi connectivity index (χ2v) is 5.72. The Morgan fingerprint density at radius 2 is 2.20 bits per heavy atom. The van der Waals surface area contributed by atoms with Crippen LogP contribution in [-0.2, 0) is 24.2 Å². The normalized spacial score (nSPS) is 25.7. The van der Waals surface area contributed by atoms with Gasteiger partial charge in [0.25, 0.3) is 0 Å². The van der Waals surface area contributed by atoms with E-state index in [0.717, 1.165) is 0 Å². The Bertz CT molecular complexity index is 357. The fourth-order valence-corrected chi connectivity index (χ4v) is 3.09. The smallest absolute Gasteiger partial charge is 0.317 e. The quantitative estimate of drug-likeness (QED) is 0.494.